The van der Waals surface area contributed by atoms with Crippen LogP contribution < -0.4 is 15.1 Å². The van der Waals surface area contributed by atoms with Crippen molar-refractivity contribution in [2.45, 2.75) is 25.3 Å². The van der Waals surface area contributed by atoms with Crippen LogP contribution in [0.25, 0.3) is 10.9 Å². The normalized spacial score (nSPS) is 17.6. The van der Waals surface area contributed by atoms with Gasteiger partial charge in [0.2, 0.25) is 5.91 Å². The molecule has 0 radical (unpaired) electrons. The van der Waals surface area contributed by atoms with E-state index in [2.05, 4.69) is 27.0 Å². The largest absolute Gasteiger partial charge is 0.478 e. The number of aromatic nitrogens is 1. The Morgan fingerprint density at radius 3 is 2.41 bits per heavy atom. The molecule has 3 aromatic rings. The average molecular weight is 432 g/mol. The van der Waals surface area contributed by atoms with Crippen LogP contribution in [0.15, 0.2) is 54.7 Å². The van der Waals surface area contributed by atoms with Crippen molar-refractivity contribution in [1.82, 2.24) is 9.88 Å². The molecule has 2 aliphatic heterocycles. The Morgan fingerprint density at radius 2 is 1.72 bits per heavy atom. The van der Waals surface area contributed by atoms with Crippen molar-refractivity contribution in [2.75, 3.05) is 29.4 Å². The zero-order chi connectivity index (χ0) is 22.2. The van der Waals surface area contributed by atoms with E-state index in [4.69, 9.17) is 5.11 Å². The highest BCUT2D eigenvalue weighted by Gasteiger charge is 2.27. The highest BCUT2D eigenvalue weighted by Crippen LogP contribution is 2.34. The summed E-state index contributed by atoms with van der Waals surface area (Å²) in [6.45, 7) is 2.15. The lowest BCUT2D eigenvalue weighted by Crippen LogP contribution is -2.49. The zero-order valence-corrected chi connectivity index (χ0v) is 17.5. The number of urea groups is 1. The van der Waals surface area contributed by atoms with Gasteiger partial charge < -0.3 is 14.6 Å². The molecule has 3 heterocycles. The SMILES string of the molecule is O=C1CCN(c2cccc3c2ccn3C2CCN(c3ccc(C(=O)O)cc3)CC2)C(=O)N1. The molecule has 3 amide bonds. The molecular formula is C24H24N4O4. The molecule has 2 N–H and O–H groups in total. The molecule has 0 atom stereocenters. The summed E-state index contributed by atoms with van der Waals surface area (Å²) in [6.07, 6.45) is 4.32. The maximum Gasteiger partial charge on any atom is 0.335 e. The van der Waals surface area contributed by atoms with Crippen molar-refractivity contribution >= 4 is 40.2 Å². The van der Waals surface area contributed by atoms with Crippen LogP contribution in [0.3, 0.4) is 0 Å². The van der Waals surface area contributed by atoms with E-state index in [-0.39, 0.29) is 11.9 Å². The maximum absolute atomic E-state index is 12.3. The van der Waals surface area contributed by atoms with Gasteiger partial charge in [-0.15, -0.1) is 0 Å². The van der Waals surface area contributed by atoms with Crippen molar-refractivity contribution in [2.24, 2.45) is 0 Å². The molecule has 1 aromatic heterocycles. The van der Waals surface area contributed by atoms with Gasteiger partial charge in [-0.25, -0.2) is 9.59 Å². The minimum Gasteiger partial charge on any atom is -0.478 e. The van der Waals surface area contributed by atoms with Crippen molar-refractivity contribution in [1.29, 1.82) is 0 Å². The first-order valence-electron chi connectivity index (χ1n) is 10.8. The number of carboxylic acid groups (broad SMARTS) is 1. The van der Waals surface area contributed by atoms with Gasteiger partial charge in [-0.2, -0.15) is 0 Å². The van der Waals surface area contributed by atoms with Gasteiger partial charge in [-0.3, -0.25) is 15.0 Å². The van der Waals surface area contributed by atoms with Gasteiger partial charge in [0.25, 0.3) is 0 Å². The Labute approximate surface area is 185 Å². The quantitative estimate of drug-likeness (QED) is 0.657. The van der Waals surface area contributed by atoms with Gasteiger partial charge in [-0.1, -0.05) is 6.07 Å². The molecule has 164 valence electrons. The van der Waals surface area contributed by atoms with Crippen molar-refractivity contribution in [3.8, 4) is 0 Å². The fourth-order valence-corrected chi connectivity index (χ4v) is 4.74. The topological polar surface area (TPSA) is 94.9 Å². The number of carboxylic acids is 1. The van der Waals surface area contributed by atoms with Crippen LogP contribution in [0.5, 0.6) is 0 Å². The fourth-order valence-electron chi connectivity index (χ4n) is 4.74. The molecule has 2 fully saturated rings. The van der Waals surface area contributed by atoms with Crippen molar-refractivity contribution in [3.05, 3.63) is 60.3 Å². The second-order valence-electron chi connectivity index (χ2n) is 8.26. The van der Waals surface area contributed by atoms with Gasteiger partial charge in [0.05, 0.1) is 16.8 Å². The molecular weight excluding hydrogens is 408 g/mol. The highest BCUT2D eigenvalue weighted by molar-refractivity contribution is 6.09. The molecule has 0 aliphatic carbocycles. The fraction of sp³-hybridized carbons (Fsp3) is 0.292. The number of fused-ring (bicyclic) bond motifs is 1. The molecule has 8 nitrogen and oxygen atoms in total. The molecule has 0 saturated carbocycles. The first-order chi connectivity index (χ1) is 15.5. The Balaban J connectivity index is 1.33. The highest BCUT2D eigenvalue weighted by atomic mass is 16.4. The van der Waals surface area contributed by atoms with Gasteiger partial charge in [-0.05, 0) is 55.3 Å². The summed E-state index contributed by atoms with van der Waals surface area (Å²) >= 11 is 0. The van der Waals surface area contributed by atoms with Crippen LogP contribution in [0, 0.1) is 0 Å². The summed E-state index contributed by atoms with van der Waals surface area (Å²) in [5.41, 5.74) is 3.24. The van der Waals surface area contributed by atoms with E-state index in [0.717, 1.165) is 48.2 Å². The zero-order valence-electron chi connectivity index (χ0n) is 17.5. The lowest BCUT2D eigenvalue weighted by molar-refractivity contribution is -0.120. The van der Waals surface area contributed by atoms with Crippen LogP contribution in [-0.2, 0) is 4.79 Å². The number of carbonyl (C=O) groups is 3. The number of rotatable bonds is 4. The third kappa shape index (κ3) is 3.57. The minimum atomic E-state index is -0.914. The summed E-state index contributed by atoms with van der Waals surface area (Å²) in [7, 11) is 0. The monoisotopic (exact) mass is 432 g/mol. The predicted octanol–water partition coefficient (Wildman–Crippen LogP) is 3.63. The number of imide groups is 1. The number of nitrogens with zero attached hydrogens (tertiary/aromatic N) is 3. The number of aromatic carboxylic acids is 1. The Morgan fingerprint density at radius 1 is 0.969 bits per heavy atom. The number of piperidine rings is 1. The molecule has 2 saturated heterocycles. The second-order valence-corrected chi connectivity index (χ2v) is 8.26. The third-order valence-corrected chi connectivity index (χ3v) is 6.42. The van der Waals surface area contributed by atoms with E-state index in [9.17, 15) is 14.4 Å². The summed E-state index contributed by atoms with van der Waals surface area (Å²) in [5, 5.41) is 12.5. The average Bonchev–Trinajstić information content (AvgIpc) is 3.24. The third-order valence-electron chi connectivity index (χ3n) is 6.42. The summed E-state index contributed by atoms with van der Waals surface area (Å²) in [6, 6.07) is 15.0. The van der Waals surface area contributed by atoms with Crippen LogP contribution in [0.1, 0.15) is 35.7 Å². The van der Waals surface area contributed by atoms with Crippen LogP contribution in [0.4, 0.5) is 16.2 Å². The summed E-state index contributed by atoms with van der Waals surface area (Å²) in [4.78, 5) is 38.8. The Hall–Kier alpha value is -3.81. The van der Waals surface area contributed by atoms with E-state index < -0.39 is 5.97 Å². The Kier molecular flexibility index (Phi) is 5.05. The Bertz CT molecular complexity index is 1190. The van der Waals surface area contributed by atoms with Gasteiger partial charge in [0, 0.05) is 49.4 Å². The van der Waals surface area contributed by atoms with Crippen LogP contribution in [-0.4, -0.2) is 47.2 Å². The number of amides is 3. The summed E-state index contributed by atoms with van der Waals surface area (Å²) in [5.74, 6) is -1.15. The number of hydrogen-bond acceptors (Lipinski definition) is 4. The molecule has 32 heavy (non-hydrogen) atoms. The van der Waals surface area contributed by atoms with Gasteiger partial charge >= 0.3 is 12.0 Å². The number of benzene rings is 2. The van der Waals surface area contributed by atoms with E-state index in [1.54, 1.807) is 17.0 Å². The van der Waals surface area contributed by atoms with Crippen LogP contribution in [0.2, 0.25) is 0 Å². The van der Waals surface area contributed by atoms with E-state index in [1.165, 1.54) is 0 Å². The van der Waals surface area contributed by atoms with Crippen molar-refractivity contribution in [3.63, 3.8) is 0 Å². The molecule has 8 heteroatoms. The minimum absolute atomic E-state index is 0.236. The number of nitrogens with one attached hydrogen (secondary N) is 1. The molecule has 0 spiro atoms. The van der Waals surface area contributed by atoms with Gasteiger partial charge in [0.1, 0.15) is 0 Å². The summed E-state index contributed by atoms with van der Waals surface area (Å²) < 4.78 is 2.29. The first kappa shape index (κ1) is 20.1. The predicted molar refractivity (Wildman–Crippen MR) is 121 cm³/mol. The second kappa shape index (κ2) is 8.03. The van der Waals surface area contributed by atoms with E-state index in [0.29, 0.717) is 24.6 Å². The number of carbonyl (C=O) groups excluding carboxylic acids is 2. The molecule has 0 bridgehead atoms. The number of anilines is 2. The lowest BCUT2D eigenvalue weighted by atomic mass is 10.0. The molecule has 5 rings (SSSR count). The van der Waals surface area contributed by atoms with Crippen LogP contribution >= 0.6 is 0 Å². The standard InChI is InChI=1S/C24H24N4O4/c29-22-11-15-28(24(32)25-22)21-3-1-2-20-19(21)10-14-27(20)18-8-12-26(13-9-18)17-6-4-16(5-7-17)23(30)31/h1-7,10,14,18H,8-9,11-13,15H2,(H,30,31)(H,25,29,32). The van der Waals surface area contributed by atoms with Gasteiger partial charge in [0.15, 0.2) is 0 Å². The number of hydrogen-bond donors (Lipinski definition) is 2. The molecule has 0 unspecified atom stereocenters. The van der Waals surface area contributed by atoms with E-state index in [1.807, 2.05) is 30.3 Å². The first-order valence-corrected chi connectivity index (χ1v) is 10.8. The molecule has 2 aliphatic rings. The maximum atomic E-state index is 12.3. The lowest BCUT2D eigenvalue weighted by Gasteiger charge is -2.34. The van der Waals surface area contributed by atoms with E-state index >= 15 is 0 Å². The molecule has 2 aromatic carbocycles. The van der Waals surface area contributed by atoms with Crippen molar-refractivity contribution < 1.29 is 19.5 Å². The smallest absolute Gasteiger partial charge is 0.335 e.